The summed E-state index contributed by atoms with van der Waals surface area (Å²) >= 11 is 1.37. The zero-order valence-electron chi connectivity index (χ0n) is 20.5. The van der Waals surface area contributed by atoms with Gasteiger partial charge < -0.3 is 10.6 Å². The summed E-state index contributed by atoms with van der Waals surface area (Å²) < 4.78 is 3.27. The molecule has 0 radical (unpaired) electrons. The molecule has 3 aromatic rings. The predicted octanol–water partition coefficient (Wildman–Crippen LogP) is 4.98. The summed E-state index contributed by atoms with van der Waals surface area (Å²) in [4.78, 5) is 39.1. The van der Waals surface area contributed by atoms with Crippen molar-refractivity contribution in [3.8, 4) is 5.69 Å². The lowest BCUT2D eigenvalue weighted by Crippen LogP contribution is -2.27. The third-order valence-electron chi connectivity index (χ3n) is 5.29. The number of amides is 2. The lowest BCUT2D eigenvalue weighted by molar-refractivity contribution is -0.118. The molecule has 2 amide bonds. The summed E-state index contributed by atoms with van der Waals surface area (Å²) in [6, 6.07) is 16.7. The average Bonchev–Trinajstić information content (AvgIpc) is 2.96. The van der Waals surface area contributed by atoms with Crippen LogP contribution < -0.4 is 16.2 Å². The normalized spacial score (nSPS) is 12.3. The number of carbonyl (C=O) groups excluding carboxylic acids is 2. The summed E-state index contributed by atoms with van der Waals surface area (Å²) in [6.07, 6.45) is 0.417. The molecular weight excluding hydrogens is 448 g/mol. The Balaban J connectivity index is 1.71. The molecule has 3 rings (SSSR count). The second kappa shape index (κ2) is 10.3. The van der Waals surface area contributed by atoms with Crippen LogP contribution in [0.25, 0.3) is 5.69 Å². The number of hydrogen-bond acceptors (Lipinski definition) is 4. The van der Waals surface area contributed by atoms with E-state index in [4.69, 9.17) is 0 Å². The number of anilines is 2. The van der Waals surface area contributed by atoms with Crippen LogP contribution in [0.5, 0.6) is 0 Å². The Labute approximate surface area is 204 Å². The van der Waals surface area contributed by atoms with E-state index in [1.165, 1.54) is 16.4 Å². The topological polar surface area (TPSA) is 85.1 Å². The van der Waals surface area contributed by atoms with Crippen molar-refractivity contribution in [2.45, 2.75) is 51.2 Å². The number of aromatic nitrogens is 2. The van der Waals surface area contributed by atoms with Gasteiger partial charge in [-0.2, -0.15) is 0 Å². The second-order valence-electron chi connectivity index (χ2n) is 9.50. The standard InChI is InChI=1S/C26H32N4O3S/c1-17-23(25(33)30(29(17)6)20-12-8-7-9-13-20)28-24(32)18(2)34-21-14-10-11-19(15-21)27-22(31)16-26(3,4)5/h7-15,18H,16H2,1-6H3,(H,27,31)(H,28,32). The number of nitrogens with one attached hydrogen (secondary N) is 2. The van der Waals surface area contributed by atoms with E-state index >= 15 is 0 Å². The number of hydrogen-bond donors (Lipinski definition) is 2. The van der Waals surface area contributed by atoms with Crippen molar-refractivity contribution < 1.29 is 9.59 Å². The Morgan fingerprint density at radius 1 is 1.03 bits per heavy atom. The van der Waals surface area contributed by atoms with E-state index < -0.39 is 5.25 Å². The highest BCUT2D eigenvalue weighted by molar-refractivity contribution is 8.00. The molecule has 0 saturated heterocycles. The van der Waals surface area contributed by atoms with Crippen LogP contribution in [-0.4, -0.2) is 26.4 Å². The Morgan fingerprint density at radius 3 is 2.35 bits per heavy atom. The molecule has 0 fully saturated rings. The van der Waals surface area contributed by atoms with Gasteiger partial charge in [-0.05, 0) is 49.6 Å². The van der Waals surface area contributed by atoms with Gasteiger partial charge in [0.05, 0.1) is 16.6 Å². The molecule has 0 saturated carbocycles. The molecule has 1 heterocycles. The molecule has 0 spiro atoms. The van der Waals surface area contributed by atoms with Crippen molar-refractivity contribution in [3.05, 3.63) is 70.6 Å². The van der Waals surface area contributed by atoms with Gasteiger partial charge in [-0.3, -0.25) is 19.1 Å². The van der Waals surface area contributed by atoms with E-state index in [1.807, 2.05) is 75.4 Å². The highest BCUT2D eigenvalue weighted by Crippen LogP contribution is 2.27. The lowest BCUT2D eigenvalue weighted by Gasteiger charge is -2.17. The summed E-state index contributed by atoms with van der Waals surface area (Å²) in [6.45, 7) is 9.64. The number of rotatable bonds is 7. The maximum absolute atomic E-state index is 13.1. The van der Waals surface area contributed by atoms with Gasteiger partial charge in [-0.15, -0.1) is 11.8 Å². The summed E-state index contributed by atoms with van der Waals surface area (Å²) in [5.74, 6) is -0.312. The van der Waals surface area contributed by atoms with Gasteiger partial charge in [-0.25, -0.2) is 4.68 Å². The number of benzene rings is 2. The molecular formula is C26H32N4O3S. The monoisotopic (exact) mass is 480 g/mol. The van der Waals surface area contributed by atoms with Crippen LogP contribution in [0.1, 0.15) is 39.8 Å². The Bertz CT molecular complexity index is 1240. The molecule has 0 bridgehead atoms. The van der Waals surface area contributed by atoms with Gasteiger partial charge in [0.2, 0.25) is 11.8 Å². The lowest BCUT2D eigenvalue weighted by atomic mass is 9.92. The summed E-state index contributed by atoms with van der Waals surface area (Å²) in [7, 11) is 1.79. The fourth-order valence-corrected chi connectivity index (χ4v) is 4.46. The smallest absolute Gasteiger partial charge is 0.295 e. The third-order valence-corrected chi connectivity index (χ3v) is 6.39. The molecule has 1 atom stereocenters. The minimum absolute atomic E-state index is 0.0466. The zero-order valence-corrected chi connectivity index (χ0v) is 21.3. The molecule has 2 aromatic carbocycles. The number of nitrogens with zero attached hydrogens (tertiary/aromatic N) is 2. The second-order valence-corrected chi connectivity index (χ2v) is 10.9. The first kappa shape index (κ1) is 25.4. The fourth-order valence-electron chi connectivity index (χ4n) is 3.53. The number of para-hydroxylation sites is 1. The quantitative estimate of drug-likeness (QED) is 0.467. The largest absolute Gasteiger partial charge is 0.326 e. The minimum Gasteiger partial charge on any atom is -0.326 e. The zero-order chi connectivity index (χ0) is 25.0. The van der Waals surface area contributed by atoms with Crippen molar-refractivity contribution in [2.24, 2.45) is 12.5 Å². The molecule has 0 aliphatic carbocycles. The maximum Gasteiger partial charge on any atom is 0.295 e. The molecule has 1 unspecified atom stereocenters. The van der Waals surface area contributed by atoms with Crippen molar-refractivity contribution in [1.82, 2.24) is 9.36 Å². The fraction of sp³-hybridized carbons (Fsp3) is 0.346. The Kier molecular flexibility index (Phi) is 7.71. The van der Waals surface area contributed by atoms with E-state index in [2.05, 4.69) is 10.6 Å². The molecule has 0 aliphatic heterocycles. The molecule has 180 valence electrons. The van der Waals surface area contributed by atoms with E-state index in [0.717, 1.165) is 10.6 Å². The SMILES string of the molecule is Cc1c(NC(=O)C(C)Sc2cccc(NC(=O)CC(C)(C)C)c2)c(=O)n(-c2ccccc2)n1C. The highest BCUT2D eigenvalue weighted by Gasteiger charge is 2.22. The van der Waals surface area contributed by atoms with Gasteiger partial charge in [-0.1, -0.05) is 45.0 Å². The van der Waals surface area contributed by atoms with Crippen molar-refractivity contribution in [2.75, 3.05) is 10.6 Å². The van der Waals surface area contributed by atoms with Crippen molar-refractivity contribution in [3.63, 3.8) is 0 Å². The number of thioether (sulfide) groups is 1. The summed E-state index contributed by atoms with van der Waals surface area (Å²) in [5.41, 5.74) is 1.98. The highest BCUT2D eigenvalue weighted by atomic mass is 32.2. The van der Waals surface area contributed by atoms with Gasteiger partial charge in [0.1, 0.15) is 5.69 Å². The van der Waals surface area contributed by atoms with Crippen LogP contribution in [0.3, 0.4) is 0 Å². The van der Waals surface area contributed by atoms with Gasteiger partial charge in [0.15, 0.2) is 0 Å². The molecule has 7 nitrogen and oxygen atoms in total. The molecule has 8 heteroatoms. The Hall–Kier alpha value is -3.26. The molecule has 0 aliphatic rings. The molecule has 34 heavy (non-hydrogen) atoms. The van der Waals surface area contributed by atoms with Crippen LogP contribution in [0.2, 0.25) is 0 Å². The van der Waals surface area contributed by atoms with Gasteiger partial charge in [0, 0.05) is 24.1 Å². The van der Waals surface area contributed by atoms with Crippen LogP contribution in [0.15, 0.2) is 64.3 Å². The average molecular weight is 481 g/mol. The Morgan fingerprint density at radius 2 is 1.71 bits per heavy atom. The van der Waals surface area contributed by atoms with Crippen LogP contribution in [-0.2, 0) is 16.6 Å². The van der Waals surface area contributed by atoms with Crippen LogP contribution >= 0.6 is 11.8 Å². The summed E-state index contributed by atoms with van der Waals surface area (Å²) in [5, 5.41) is 5.29. The first-order valence-electron chi connectivity index (χ1n) is 11.2. The first-order chi connectivity index (χ1) is 16.0. The predicted molar refractivity (Wildman–Crippen MR) is 139 cm³/mol. The van der Waals surface area contributed by atoms with Crippen molar-refractivity contribution in [1.29, 1.82) is 0 Å². The minimum atomic E-state index is -0.454. The van der Waals surface area contributed by atoms with E-state index in [0.29, 0.717) is 17.8 Å². The van der Waals surface area contributed by atoms with Crippen LogP contribution in [0.4, 0.5) is 11.4 Å². The third kappa shape index (κ3) is 6.20. The van der Waals surface area contributed by atoms with E-state index in [9.17, 15) is 14.4 Å². The van der Waals surface area contributed by atoms with E-state index in [1.54, 1.807) is 25.6 Å². The van der Waals surface area contributed by atoms with Gasteiger partial charge >= 0.3 is 0 Å². The maximum atomic E-state index is 13.1. The van der Waals surface area contributed by atoms with Crippen molar-refractivity contribution >= 4 is 35.0 Å². The van der Waals surface area contributed by atoms with Crippen LogP contribution in [0, 0.1) is 12.3 Å². The first-order valence-corrected chi connectivity index (χ1v) is 12.1. The number of carbonyl (C=O) groups is 2. The molecule has 1 aromatic heterocycles. The van der Waals surface area contributed by atoms with Gasteiger partial charge in [0.25, 0.3) is 5.56 Å². The molecule has 2 N–H and O–H groups in total. The van der Waals surface area contributed by atoms with E-state index in [-0.39, 0.29) is 28.5 Å².